The first-order valence-electron chi connectivity index (χ1n) is 22.7. The lowest BCUT2D eigenvalue weighted by Crippen LogP contribution is -2.30. The number of anilines is 6. The van der Waals surface area contributed by atoms with Gasteiger partial charge in [0.2, 0.25) is 0 Å². The van der Waals surface area contributed by atoms with Crippen LogP contribution in [0.25, 0.3) is 56.3 Å². The lowest BCUT2D eigenvalue weighted by atomic mass is 9.73. The Bertz CT molecular complexity index is 3140. The van der Waals surface area contributed by atoms with Crippen molar-refractivity contribution in [3.8, 4) is 45.0 Å². The van der Waals surface area contributed by atoms with Gasteiger partial charge in [-0.15, -0.1) is 0 Å². The number of aromatic nitrogens is 4. The first kappa shape index (κ1) is 39.4. The van der Waals surface area contributed by atoms with E-state index in [1.54, 1.807) is 0 Å². The molecule has 0 fully saturated rings. The first-order chi connectivity index (χ1) is 32.3. The summed E-state index contributed by atoms with van der Waals surface area (Å²) < 4.78 is 0. The summed E-state index contributed by atoms with van der Waals surface area (Å²) in [6.45, 7) is 9.26. The fourth-order valence-corrected chi connectivity index (χ4v) is 10.3. The van der Waals surface area contributed by atoms with E-state index in [4.69, 9.17) is 19.9 Å². The molecular formula is C60H46N6. The fraction of sp³-hybridized carbons (Fsp3) is 0.100. The van der Waals surface area contributed by atoms with Crippen molar-refractivity contribution in [3.05, 3.63) is 229 Å². The number of hydrogen-bond donors (Lipinski definition) is 0. The van der Waals surface area contributed by atoms with Crippen LogP contribution in [0.15, 0.2) is 206 Å². The molecule has 0 atom stereocenters. The normalized spacial score (nSPS) is 14.2. The van der Waals surface area contributed by atoms with Gasteiger partial charge in [0.25, 0.3) is 0 Å². The molecule has 4 heterocycles. The summed E-state index contributed by atoms with van der Waals surface area (Å²) in [5.41, 5.74) is 19.6. The zero-order valence-electron chi connectivity index (χ0n) is 37.3. The maximum atomic E-state index is 5.35. The molecule has 66 heavy (non-hydrogen) atoms. The van der Waals surface area contributed by atoms with Gasteiger partial charge in [-0.3, -0.25) is 0 Å². The van der Waals surface area contributed by atoms with Crippen LogP contribution in [0.2, 0.25) is 0 Å². The monoisotopic (exact) mass is 850 g/mol. The Morgan fingerprint density at radius 3 is 0.803 bits per heavy atom. The highest BCUT2D eigenvalue weighted by Crippen LogP contribution is 2.53. The molecule has 2 aliphatic heterocycles. The van der Waals surface area contributed by atoms with Gasteiger partial charge >= 0.3 is 0 Å². The molecule has 0 bridgehead atoms. The molecule has 2 aromatic heterocycles. The van der Waals surface area contributed by atoms with E-state index in [-0.39, 0.29) is 10.8 Å². The molecule has 2 aliphatic rings. The molecule has 8 aromatic carbocycles. The van der Waals surface area contributed by atoms with Gasteiger partial charge in [0, 0.05) is 44.5 Å². The van der Waals surface area contributed by atoms with Crippen molar-refractivity contribution in [2.45, 2.75) is 38.5 Å². The Morgan fingerprint density at radius 2 is 0.515 bits per heavy atom. The Hall–Kier alpha value is -8.22. The van der Waals surface area contributed by atoms with E-state index in [1.165, 1.54) is 45.0 Å². The second-order valence-electron chi connectivity index (χ2n) is 18.3. The third-order valence-corrected chi connectivity index (χ3v) is 13.7. The number of hydrogen-bond acceptors (Lipinski definition) is 6. The molecule has 6 nitrogen and oxygen atoms in total. The molecular weight excluding hydrogens is 805 g/mol. The van der Waals surface area contributed by atoms with Crippen LogP contribution < -0.4 is 9.80 Å². The van der Waals surface area contributed by atoms with Gasteiger partial charge in [-0.2, -0.15) is 0 Å². The van der Waals surface area contributed by atoms with Gasteiger partial charge in [0.05, 0.1) is 45.5 Å². The van der Waals surface area contributed by atoms with Gasteiger partial charge in [-0.25, -0.2) is 19.9 Å². The standard InChI is InChI=1S/C60H46N6/c1-59(2)45-23-11-15-27-49(45)65(50-28-16-12-24-46(50)59)43-35-31-41(32-36-43)55-53(39-19-7-5-8-20-39)61-58-57(63-55)62-54(40-21-9-6-10-22-40)56(64-58)42-33-37-44(38-34-42)66-51-29-17-13-25-47(51)60(3,4)48-26-14-18-30-52(48)66/h5-38H,1-4H3. The van der Waals surface area contributed by atoms with Crippen molar-refractivity contribution in [2.24, 2.45) is 0 Å². The van der Waals surface area contributed by atoms with E-state index in [0.29, 0.717) is 11.3 Å². The molecule has 0 radical (unpaired) electrons. The molecule has 0 unspecified atom stereocenters. The van der Waals surface area contributed by atoms with Crippen molar-refractivity contribution in [3.63, 3.8) is 0 Å². The molecule has 12 rings (SSSR count). The number of rotatable bonds is 6. The SMILES string of the molecule is CC1(C)c2ccccc2N(c2ccc(-c3nc4nc(-c5ccccc5)c(-c5ccc(N6c7ccccc7C(C)(C)c7ccccc76)cc5)nc4nc3-c3ccccc3)cc2)c2ccccc21. The number of para-hydroxylation sites is 4. The van der Waals surface area contributed by atoms with E-state index < -0.39 is 0 Å². The maximum Gasteiger partial charge on any atom is 0.199 e. The maximum absolute atomic E-state index is 5.35. The lowest BCUT2D eigenvalue weighted by molar-refractivity contribution is 0.632. The number of nitrogens with zero attached hydrogens (tertiary/aromatic N) is 6. The summed E-state index contributed by atoms with van der Waals surface area (Å²) in [7, 11) is 0. The fourth-order valence-electron chi connectivity index (χ4n) is 10.3. The Kier molecular flexibility index (Phi) is 9.07. The second-order valence-corrected chi connectivity index (χ2v) is 18.3. The van der Waals surface area contributed by atoms with Crippen molar-refractivity contribution in [1.29, 1.82) is 0 Å². The zero-order valence-corrected chi connectivity index (χ0v) is 37.3. The molecule has 0 saturated heterocycles. The molecule has 0 N–H and O–H groups in total. The van der Waals surface area contributed by atoms with Crippen LogP contribution in [0.1, 0.15) is 49.9 Å². The molecule has 0 spiro atoms. The number of benzene rings is 8. The van der Waals surface area contributed by atoms with Crippen LogP contribution in [0, 0.1) is 0 Å². The van der Waals surface area contributed by atoms with Crippen molar-refractivity contribution < 1.29 is 0 Å². The van der Waals surface area contributed by atoms with E-state index >= 15 is 0 Å². The quantitative estimate of drug-likeness (QED) is 0.166. The van der Waals surface area contributed by atoms with E-state index in [2.05, 4.69) is 207 Å². The average molecular weight is 851 g/mol. The predicted molar refractivity (Wildman–Crippen MR) is 270 cm³/mol. The third-order valence-electron chi connectivity index (χ3n) is 13.7. The van der Waals surface area contributed by atoms with Crippen LogP contribution in [0.3, 0.4) is 0 Å². The van der Waals surface area contributed by atoms with E-state index in [0.717, 1.165) is 56.4 Å². The van der Waals surface area contributed by atoms with Gasteiger partial charge < -0.3 is 9.80 Å². The summed E-state index contributed by atoms with van der Waals surface area (Å²) in [4.78, 5) is 26.1. The third kappa shape index (κ3) is 6.24. The topological polar surface area (TPSA) is 58.0 Å². The van der Waals surface area contributed by atoms with E-state index in [9.17, 15) is 0 Å². The summed E-state index contributed by atoms with van der Waals surface area (Å²) in [6.07, 6.45) is 0. The molecule has 0 saturated carbocycles. The van der Waals surface area contributed by atoms with Gasteiger partial charge in [-0.05, 0) is 70.8 Å². The summed E-state index contributed by atoms with van der Waals surface area (Å²) in [5, 5.41) is 0. The molecule has 0 amide bonds. The van der Waals surface area contributed by atoms with Crippen LogP contribution in [-0.2, 0) is 10.8 Å². The Balaban J connectivity index is 0.983. The van der Waals surface area contributed by atoms with Crippen LogP contribution >= 0.6 is 0 Å². The van der Waals surface area contributed by atoms with Crippen molar-refractivity contribution in [1.82, 2.24) is 19.9 Å². The van der Waals surface area contributed by atoms with Crippen LogP contribution in [0.5, 0.6) is 0 Å². The van der Waals surface area contributed by atoms with Gasteiger partial charge in [0.1, 0.15) is 0 Å². The number of fused-ring (bicyclic) bond motifs is 5. The minimum Gasteiger partial charge on any atom is -0.310 e. The lowest BCUT2D eigenvalue weighted by Gasteiger charge is -2.42. The average Bonchev–Trinajstić information content (AvgIpc) is 3.37. The molecule has 316 valence electrons. The highest BCUT2D eigenvalue weighted by atomic mass is 15.2. The molecule has 6 heteroatoms. The van der Waals surface area contributed by atoms with Crippen LogP contribution in [-0.4, -0.2) is 19.9 Å². The van der Waals surface area contributed by atoms with Crippen LogP contribution in [0.4, 0.5) is 34.1 Å². The Morgan fingerprint density at radius 1 is 0.273 bits per heavy atom. The van der Waals surface area contributed by atoms with Gasteiger partial charge in [-0.1, -0.05) is 185 Å². The van der Waals surface area contributed by atoms with Crippen molar-refractivity contribution >= 4 is 45.4 Å². The summed E-state index contributed by atoms with van der Waals surface area (Å²) in [6, 6.07) is 72.9. The smallest absolute Gasteiger partial charge is 0.199 e. The minimum atomic E-state index is -0.136. The van der Waals surface area contributed by atoms with Gasteiger partial charge in [0.15, 0.2) is 11.3 Å². The minimum absolute atomic E-state index is 0.136. The summed E-state index contributed by atoms with van der Waals surface area (Å²) >= 11 is 0. The summed E-state index contributed by atoms with van der Waals surface area (Å²) in [5.74, 6) is 0. The van der Waals surface area contributed by atoms with E-state index in [1.807, 2.05) is 36.4 Å². The second kappa shape index (κ2) is 15.2. The predicted octanol–water partition coefficient (Wildman–Crippen LogP) is 15.3. The zero-order chi connectivity index (χ0) is 44.6. The first-order valence-corrected chi connectivity index (χ1v) is 22.7. The highest BCUT2D eigenvalue weighted by Gasteiger charge is 2.38. The van der Waals surface area contributed by atoms with Crippen molar-refractivity contribution in [2.75, 3.05) is 9.80 Å². The largest absolute Gasteiger partial charge is 0.310 e. The molecule has 0 aliphatic carbocycles. The Labute approximate surface area is 385 Å². The highest BCUT2D eigenvalue weighted by molar-refractivity contribution is 5.91. The molecule has 10 aromatic rings.